The van der Waals surface area contributed by atoms with Gasteiger partial charge in [-0.15, -0.1) is 0 Å². The fourth-order valence-corrected chi connectivity index (χ4v) is 3.66. The van der Waals surface area contributed by atoms with Crippen molar-refractivity contribution in [2.75, 3.05) is 5.32 Å². The van der Waals surface area contributed by atoms with Gasteiger partial charge in [0.15, 0.2) is 5.82 Å². The molecule has 0 aliphatic heterocycles. The van der Waals surface area contributed by atoms with Crippen LogP contribution in [0.2, 0.25) is 20.1 Å². The number of aromatic nitrogens is 2. The SMILES string of the molecule is O=C(Nc1nn(Cc2ccc(Cl)c(Cl)c2)cc1Cl)c1ccc(COc2ccc(Cl)cc2)cc1. The van der Waals surface area contributed by atoms with Crippen molar-refractivity contribution in [3.8, 4) is 5.75 Å². The maximum absolute atomic E-state index is 12.6. The van der Waals surface area contributed by atoms with Crippen molar-refractivity contribution in [3.63, 3.8) is 0 Å². The summed E-state index contributed by atoms with van der Waals surface area (Å²) < 4.78 is 7.34. The Labute approximate surface area is 210 Å². The van der Waals surface area contributed by atoms with Crippen molar-refractivity contribution in [1.82, 2.24) is 9.78 Å². The summed E-state index contributed by atoms with van der Waals surface area (Å²) in [5, 5.41) is 9.02. The molecule has 1 heterocycles. The van der Waals surface area contributed by atoms with Gasteiger partial charge < -0.3 is 10.1 Å². The minimum Gasteiger partial charge on any atom is -0.489 e. The van der Waals surface area contributed by atoms with E-state index in [-0.39, 0.29) is 11.7 Å². The van der Waals surface area contributed by atoms with Crippen LogP contribution in [-0.4, -0.2) is 15.7 Å². The molecule has 0 aliphatic rings. The molecule has 0 aliphatic carbocycles. The zero-order valence-electron chi connectivity index (χ0n) is 17.1. The molecular weight excluding hydrogens is 504 g/mol. The van der Waals surface area contributed by atoms with Crippen LogP contribution in [0.4, 0.5) is 5.82 Å². The minimum atomic E-state index is -0.318. The van der Waals surface area contributed by atoms with Crippen LogP contribution in [0, 0.1) is 0 Å². The predicted molar refractivity (Wildman–Crippen MR) is 133 cm³/mol. The highest BCUT2D eigenvalue weighted by molar-refractivity contribution is 6.42. The summed E-state index contributed by atoms with van der Waals surface area (Å²) in [5.41, 5.74) is 2.30. The number of rotatable bonds is 7. The van der Waals surface area contributed by atoms with E-state index in [0.717, 1.165) is 11.1 Å². The molecule has 4 aromatic rings. The van der Waals surface area contributed by atoms with Crippen LogP contribution in [-0.2, 0) is 13.2 Å². The molecule has 0 saturated carbocycles. The summed E-state index contributed by atoms with van der Waals surface area (Å²) in [6.07, 6.45) is 1.64. The molecule has 9 heteroatoms. The monoisotopic (exact) mass is 519 g/mol. The van der Waals surface area contributed by atoms with Gasteiger partial charge in [-0.2, -0.15) is 5.10 Å². The molecule has 0 unspecified atom stereocenters. The van der Waals surface area contributed by atoms with E-state index >= 15 is 0 Å². The maximum atomic E-state index is 12.6. The van der Waals surface area contributed by atoms with E-state index in [2.05, 4.69) is 10.4 Å². The van der Waals surface area contributed by atoms with Crippen LogP contribution < -0.4 is 10.1 Å². The van der Waals surface area contributed by atoms with Crippen molar-refractivity contribution in [2.24, 2.45) is 0 Å². The van der Waals surface area contributed by atoms with Gasteiger partial charge in [-0.1, -0.05) is 64.6 Å². The van der Waals surface area contributed by atoms with E-state index in [1.807, 2.05) is 18.2 Å². The second-order valence-electron chi connectivity index (χ2n) is 7.17. The normalized spacial score (nSPS) is 10.8. The van der Waals surface area contributed by atoms with Gasteiger partial charge in [0.1, 0.15) is 17.4 Å². The topological polar surface area (TPSA) is 56.2 Å². The summed E-state index contributed by atoms with van der Waals surface area (Å²) in [5.74, 6) is 0.672. The molecule has 1 N–H and O–H groups in total. The lowest BCUT2D eigenvalue weighted by Crippen LogP contribution is -2.13. The van der Waals surface area contributed by atoms with Gasteiger partial charge >= 0.3 is 0 Å². The lowest BCUT2D eigenvalue weighted by atomic mass is 10.1. The molecule has 0 bridgehead atoms. The van der Waals surface area contributed by atoms with Crippen LogP contribution in [0.5, 0.6) is 5.75 Å². The van der Waals surface area contributed by atoms with E-state index in [4.69, 9.17) is 51.1 Å². The third-order valence-electron chi connectivity index (χ3n) is 4.71. The molecule has 1 amide bonds. The Kier molecular flexibility index (Phi) is 7.46. The fourth-order valence-electron chi connectivity index (χ4n) is 3.02. The molecule has 1 aromatic heterocycles. The second-order valence-corrected chi connectivity index (χ2v) is 8.82. The standard InChI is InChI=1S/C24H17Cl4N3O2/c25-18-6-8-19(9-7-18)33-14-15-1-4-17(5-2-15)24(32)29-23-22(28)13-31(30-23)12-16-3-10-20(26)21(27)11-16/h1-11,13H,12,14H2,(H,29,30,32). The van der Waals surface area contributed by atoms with Crippen LogP contribution in [0.1, 0.15) is 21.5 Å². The Morgan fingerprint density at radius 2 is 1.55 bits per heavy atom. The zero-order chi connectivity index (χ0) is 23.4. The molecule has 33 heavy (non-hydrogen) atoms. The summed E-state index contributed by atoms with van der Waals surface area (Å²) in [4.78, 5) is 12.6. The van der Waals surface area contributed by atoms with E-state index < -0.39 is 0 Å². The first kappa shape index (κ1) is 23.5. The van der Waals surface area contributed by atoms with Crippen molar-refractivity contribution in [3.05, 3.63) is 110 Å². The number of ether oxygens (including phenoxy) is 1. The quantitative estimate of drug-likeness (QED) is 0.276. The average Bonchev–Trinajstić information content (AvgIpc) is 3.14. The Morgan fingerprint density at radius 3 is 2.24 bits per heavy atom. The van der Waals surface area contributed by atoms with Gasteiger partial charge in [-0.3, -0.25) is 9.48 Å². The van der Waals surface area contributed by atoms with Gasteiger partial charge in [-0.25, -0.2) is 0 Å². The maximum Gasteiger partial charge on any atom is 0.256 e. The van der Waals surface area contributed by atoms with Gasteiger partial charge in [0.25, 0.3) is 5.91 Å². The Morgan fingerprint density at radius 1 is 0.848 bits per heavy atom. The lowest BCUT2D eigenvalue weighted by molar-refractivity contribution is 0.102. The fraction of sp³-hybridized carbons (Fsp3) is 0.0833. The number of carbonyl (C=O) groups is 1. The third kappa shape index (κ3) is 6.21. The molecule has 0 saturated heterocycles. The molecule has 0 spiro atoms. The Balaban J connectivity index is 1.36. The number of nitrogens with one attached hydrogen (secondary N) is 1. The smallest absolute Gasteiger partial charge is 0.256 e. The van der Waals surface area contributed by atoms with Crippen molar-refractivity contribution in [1.29, 1.82) is 0 Å². The number of hydrogen-bond donors (Lipinski definition) is 1. The van der Waals surface area contributed by atoms with Crippen LogP contribution >= 0.6 is 46.4 Å². The van der Waals surface area contributed by atoms with Crippen molar-refractivity contribution >= 4 is 58.1 Å². The molecule has 0 radical (unpaired) electrons. The van der Waals surface area contributed by atoms with Crippen molar-refractivity contribution in [2.45, 2.75) is 13.2 Å². The summed E-state index contributed by atoms with van der Waals surface area (Å²) >= 11 is 24.2. The highest BCUT2D eigenvalue weighted by atomic mass is 35.5. The number of benzene rings is 3. The second kappa shape index (κ2) is 10.5. The molecule has 3 aromatic carbocycles. The number of nitrogens with zero attached hydrogens (tertiary/aromatic N) is 2. The zero-order valence-corrected chi connectivity index (χ0v) is 20.1. The van der Waals surface area contributed by atoms with E-state index in [0.29, 0.717) is 44.6 Å². The number of amides is 1. The summed E-state index contributed by atoms with van der Waals surface area (Å²) in [7, 11) is 0. The molecule has 4 rings (SSSR count). The van der Waals surface area contributed by atoms with Gasteiger partial charge in [-0.05, 0) is 59.7 Å². The summed E-state index contributed by atoms with van der Waals surface area (Å²) in [6.45, 7) is 0.795. The predicted octanol–water partition coefficient (Wildman–Crippen LogP) is 7.38. The Hall–Kier alpha value is -2.70. The summed E-state index contributed by atoms with van der Waals surface area (Å²) in [6, 6.07) is 19.6. The van der Waals surface area contributed by atoms with E-state index in [9.17, 15) is 4.79 Å². The van der Waals surface area contributed by atoms with E-state index in [1.54, 1.807) is 59.4 Å². The number of hydrogen-bond acceptors (Lipinski definition) is 3. The van der Waals surface area contributed by atoms with Gasteiger partial charge in [0.2, 0.25) is 0 Å². The molecular formula is C24H17Cl4N3O2. The highest BCUT2D eigenvalue weighted by Crippen LogP contribution is 2.25. The first-order chi connectivity index (χ1) is 15.9. The van der Waals surface area contributed by atoms with Crippen LogP contribution in [0.3, 0.4) is 0 Å². The number of halogens is 4. The lowest BCUT2D eigenvalue weighted by Gasteiger charge is -2.08. The number of carbonyl (C=O) groups excluding carboxylic acids is 1. The average molecular weight is 521 g/mol. The highest BCUT2D eigenvalue weighted by Gasteiger charge is 2.13. The number of anilines is 1. The van der Waals surface area contributed by atoms with Crippen LogP contribution in [0.15, 0.2) is 72.9 Å². The molecule has 5 nitrogen and oxygen atoms in total. The largest absolute Gasteiger partial charge is 0.489 e. The van der Waals surface area contributed by atoms with Gasteiger partial charge in [0.05, 0.1) is 16.6 Å². The third-order valence-corrected chi connectivity index (χ3v) is 5.98. The van der Waals surface area contributed by atoms with E-state index in [1.165, 1.54) is 0 Å². The molecule has 0 fully saturated rings. The van der Waals surface area contributed by atoms with Crippen LogP contribution in [0.25, 0.3) is 0 Å². The first-order valence-corrected chi connectivity index (χ1v) is 11.3. The minimum absolute atomic E-state index is 0.275. The Bertz CT molecular complexity index is 1270. The first-order valence-electron chi connectivity index (χ1n) is 9.83. The van der Waals surface area contributed by atoms with Crippen molar-refractivity contribution < 1.29 is 9.53 Å². The van der Waals surface area contributed by atoms with Gasteiger partial charge in [0, 0.05) is 16.8 Å². The molecule has 0 atom stereocenters. The molecule has 168 valence electrons.